The monoisotopic (exact) mass is 590 g/mol. The predicted octanol–water partition coefficient (Wildman–Crippen LogP) is 4.16. The van der Waals surface area contributed by atoms with Gasteiger partial charge in [-0.3, -0.25) is 39.8 Å². The summed E-state index contributed by atoms with van der Waals surface area (Å²) in [7, 11) is 0. The third-order valence-corrected chi connectivity index (χ3v) is 5.28. The first-order chi connectivity index (χ1) is 17.0. The van der Waals surface area contributed by atoms with Crippen LogP contribution in [-0.4, -0.2) is 65.5 Å². The van der Waals surface area contributed by atoms with Crippen LogP contribution in [0.15, 0.2) is 24.4 Å². The molecule has 0 spiro atoms. The normalized spacial score (nSPS) is 10.2. The Balaban J connectivity index is -0.000000677. The molecular formula is C26H41N2O7Tc+. The summed E-state index contributed by atoms with van der Waals surface area (Å²) in [6.07, 6.45) is 12.9. The van der Waals surface area contributed by atoms with Crippen LogP contribution in [0.25, 0.3) is 0 Å². The minimum Gasteiger partial charge on any atom is -0.545 e. The summed E-state index contributed by atoms with van der Waals surface area (Å²) in [4.78, 5) is 51.4. The molecular weight excluding hydrogens is 550 g/mol. The molecule has 1 atom stereocenters. The number of unbranched alkanes of at least 4 members (excludes halogenated alkanes) is 4. The van der Waals surface area contributed by atoms with Crippen molar-refractivity contribution in [1.82, 2.24) is 9.88 Å². The minimum atomic E-state index is -0.807. The van der Waals surface area contributed by atoms with Gasteiger partial charge in [0.05, 0.1) is 12.2 Å². The standard InChI is InChI=1S/C23H38N2O4.3CHO.Tc/c1-2-3-5-11-20(12-6-4-7-15-22(26)27)13-10-17-25(19-23(28)29)18-21-14-8-9-16-24-21;3*1-2;/h8-9,14,16,20H,2-7,10-13,15,17-19H2,1H3,(H,26,27)(H,28,29);3*1H;/q;3*-1;+4. The van der Waals surface area contributed by atoms with Crippen LogP contribution < -0.4 is 0 Å². The van der Waals surface area contributed by atoms with Gasteiger partial charge < -0.3 is 24.6 Å². The summed E-state index contributed by atoms with van der Waals surface area (Å²) < 4.78 is 0. The average Bonchev–Trinajstić information content (AvgIpc) is 2.87. The first kappa shape index (κ1) is 40.9. The molecule has 1 radical (unpaired) electrons. The fraction of sp³-hybridized carbons (Fsp3) is 0.615. The van der Waals surface area contributed by atoms with Crippen molar-refractivity contribution in [2.75, 3.05) is 13.1 Å². The van der Waals surface area contributed by atoms with E-state index in [4.69, 9.17) is 19.5 Å². The quantitative estimate of drug-likeness (QED) is 0.146. The second kappa shape index (κ2) is 32.7. The summed E-state index contributed by atoms with van der Waals surface area (Å²) in [5.41, 5.74) is 0.895. The topological polar surface area (TPSA) is 142 Å². The molecule has 1 aromatic rings. The van der Waals surface area contributed by atoms with Crippen LogP contribution in [0.1, 0.15) is 83.2 Å². The number of carboxylic acids is 2. The number of carbonyl (C=O) groups excluding carboxylic acids is 3. The van der Waals surface area contributed by atoms with E-state index < -0.39 is 11.9 Å². The maximum atomic E-state index is 11.2. The van der Waals surface area contributed by atoms with Gasteiger partial charge in [0.25, 0.3) is 0 Å². The molecule has 0 saturated heterocycles. The van der Waals surface area contributed by atoms with Crippen molar-refractivity contribution in [3.8, 4) is 0 Å². The van der Waals surface area contributed by atoms with E-state index in [0.29, 0.717) is 12.5 Å². The van der Waals surface area contributed by atoms with Gasteiger partial charge in [-0.2, -0.15) is 0 Å². The summed E-state index contributed by atoms with van der Waals surface area (Å²) in [5.74, 6) is -0.873. The molecule has 0 aromatic carbocycles. The Labute approximate surface area is 229 Å². The van der Waals surface area contributed by atoms with Crippen molar-refractivity contribution < 1.29 is 54.3 Å². The number of nitrogens with zero attached hydrogens (tertiary/aromatic N) is 2. The Kier molecular flexibility index (Phi) is 37.1. The molecule has 1 unspecified atom stereocenters. The molecule has 0 aliphatic heterocycles. The number of hydrogen-bond acceptors (Lipinski definition) is 7. The van der Waals surface area contributed by atoms with E-state index in [2.05, 4.69) is 32.3 Å². The van der Waals surface area contributed by atoms with Gasteiger partial charge in [0, 0.05) is 19.2 Å². The average molecular weight is 592 g/mol. The number of carbonyl (C=O) groups is 2. The zero-order valence-corrected chi connectivity index (χ0v) is 23.1. The number of hydrogen-bond donors (Lipinski definition) is 2. The number of carboxylic acid groups (broad SMARTS) is 2. The van der Waals surface area contributed by atoms with Gasteiger partial charge in [-0.05, 0) is 43.9 Å². The molecule has 0 bridgehead atoms. The molecule has 1 heterocycles. The molecule has 0 amide bonds. The van der Waals surface area contributed by atoms with E-state index in [0.717, 1.165) is 50.8 Å². The zero-order chi connectivity index (χ0) is 27.3. The van der Waals surface area contributed by atoms with E-state index in [-0.39, 0.29) is 33.1 Å². The number of pyridine rings is 1. The van der Waals surface area contributed by atoms with Crippen molar-refractivity contribution >= 4 is 32.3 Å². The second-order valence-corrected chi connectivity index (χ2v) is 7.92. The number of rotatable bonds is 18. The molecule has 203 valence electrons. The van der Waals surface area contributed by atoms with Crippen LogP contribution in [0.2, 0.25) is 0 Å². The molecule has 9 nitrogen and oxygen atoms in total. The molecule has 2 N–H and O–H groups in total. The van der Waals surface area contributed by atoms with Crippen LogP contribution >= 0.6 is 0 Å². The van der Waals surface area contributed by atoms with E-state index in [1.165, 1.54) is 25.7 Å². The van der Waals surface area contributed by atoms with Crippen LogP contribution in [0.4, 0.5) is 0 Å². The first-order valence-electron chi connectivity index (χ1n) is 11.8. The van der Waals surface area contributed by atoms with E-state index in [1.54, 1.807) is 6.20 Å². The molecule has 0 aliphatic carbocycles. The Morgan fingerprint density at radius 1 is 0.861 bits per heavy atom. The predicted molar refractivity (Wildman–Crippen MR) is 135 cm³/mol. The Morgan fingerprint density at radius 2 is 1.44 bits per heavy atom. The largest absolute Gasteiger partial charge is 4.00 e. The summed E-state index contributed by atoms with van der Waals surface area (Å²) in [6, 6.07) is 5.72. The van der Waals surface area contributed by atoms with Gasteiger partial charge >= 0.3 is 32.0 Å². The Morgan fingerprint density at radius 3 is 1.94 bits per heavy atom. The minimum absolute atomic E-state index is 0. The van der Waals surface area contributed by atoms with Crippen molar-refractivity contribution in [2.45, 2.75) is 84.1 Å². The summed E-state index contributed by atoms with van der Waals surface area (Å²) in [6.45, 7) is 13.3. The fourth-order valence-electron chi connectivity index (χ4n) is 3.73. The van der Waals surface area contributed by atoms with Crippen molar-refractivity contribution in [3.63, 3.8) is 0 Å². The van der Waals surface area contributed by atoms with E-state index >= 15 is 0 Å². The van der Waals surface area contributed by atoms with Gasteiger partial charge in [0.2, 0.25) is 0 Å². The van der Waals surface area contributed by atoms with Gasteiger partial charge in [0.1, 0.15) is 0 Å². The number of aliphatic carboxylic acids is 2. The smallest absolute Gasteiger partial charge is 0.545 e. The van der Waals surface area contributed by atoms with E-state index in [1.807, 2.05) is 23.1 Å². The molecule has 10 heteroatoms. The molecule has 0 aliphatic rings. The van der Waals surface area contributed by atoms with Crippen LogP contribution in [0.5, 0.6) is 0 Å². The van der Waals surface area contributed by atoms with E-state index in [9.17, 15) is 14.7 Å². The van der Waals surface area contributed by atoms with Crippen LogP contribution in [0.3, 0.4) is 0 Å². The van der Waals surface area contributed by atoms with Gasteiger partial charge in [-0.15, -0.1) is 0 Å². The fourth-order valence-corrected chi connectivity index (χ4v) is 3.73. The third kappa shape index (κ3) is 28.0. The van der Waals surface area contributed by atoms with Crippen LogP contribution in [0, 0.1) is 5.92 Å². The summed E-state index contributed by atoms with van der Waals surface area (Å²) in [5, 5.41) is 18.0. The molecule has 1 aromatic heterocycles. The SMILES string of the molecule is CCCCCC(CCCCCC(=O)O)CCCN(CC(=O)O)Cc1ccccn1.[CH-]=O.[CH-]=O.[CH-]=O.[Tc+4]. The van der Waals surface area contributed by atoms with Crippen molar-refractivity contribution in [3.05, 3.63) is 30.1 Å². The maximum absolute atomic E-state index is 11.2. The third-order valence-electron chi connectivity index (χ3n) is 5.28. The second-order valence-electron chi connectivity index (χ2n) is 7.92. The molecule has 1 rings (SSSR count). The molecule has 36 heavy (non-hydrogen) atoms. The van der Waals surface area contributed by atoms with Gasteiger partial charge in [-0.1, -0.05) is 57.9 Å². The van der Waals surface area contributed by atoms with Crippen molar-refractivity contribution in [1.29, 1.82) is 0 Å². The first-order valence-corrected chi connectivity index (χ1v) is 11.8. The molecule has 0 saturated carbocycles. The Bertz CT molecular complexity index is 619. The zero-order valence-electron chi connectivity index (χ0n) is 21.2. The Hall–Kier alpha value is -2.29. The van der Waals surface area contributed by atoms with Gasteiger partial charge in [0.15, 0.2) is 0 Å². The number of aromatic nitrogens is 1. The van der Waals surface area contributed by atoms with Gasteiger partial charge in [-0.25, -0.2) is 0 Å². The molecule has 0 fully saturated rings. The van der Waals surface area contributed by atoms with Crippen molar-refractivity contribution in [2.24, 2.45) is 5.92 Å². The maximum Gasteiger partial charge on any atom is 4.00 e. The van der Waals surface area contributed by atoms with Crippen LogP contribution in [-0.2, 0) is 50.6 Å². The summed E-state index contributed by atoms with van der Waals surface area (Å²) >= 11 is 0.